The van der Waals surface area contributed by atoms with Gasteiger partial charge in [0.2, 0.25) is 0 Å². The monoisotopic (exact) mass is 365 g/mol. The van der Waals surface area contributed by atoms with Gasteiger partial charge in [0.1, 0.15) is 11.4 Å². The van der Waals surface area contributed by atoms with E-state index in [0.29, 0.717) is 11.4 Å². The SMILES string of the molecule is Cc1ccc(OC=O)c(C(=O)Nc2c(C)n(C)n(-c3ccccc3)c2=O)c1. The van der Waals surface area contributed by atoms with Gasteiger partial charge in [-0.15, -0.1) is 0 Å². The van der Waals surface area contributed by atoms with Crippen molar-refractivity contribution < 1.29 is 14.3 Å². The number of hydrogen-bond donors (Lipinski definition) is 1. The van der Waals surface area contributed by atoms with Gasteiger partial charge in [0.25, 0.3) is 17.9 Å². The Morgan fingerprint density at radius 3 is 2.48 bits per heavy atom. The molecule has 138 valence electrons. The first kappa shape index (κ1) is 18.2. The lowest BCUT2D eigenvalue weighted by Crippen LogP contribution is -2.23. The quantitative estimate of drug-likeness (QED) is 0.705. The van der Waals surface area contributed by atoms with Crippen LogP contribution in [0.5, 0.6) is 5.75 Å². The number of hydrogen-bond acceptors (Lipinski definition) is 4. The van der Waals surface area contributed by atoms with Gasteiger partial charge >= 0.3 is 0 Å². The van der Waals surface area contributed by atoms with Crippen molar-refractivity contribution in [2.24, 2.45) is 7.05 Å². The predicted octanol–water partition coefficient (Wildman–Crippen LogP) is 2.58. The molecule has 3 rings (SSSR count). The Hall–Kier alpha value is -3.61. The summed E-state index contributed by atoms with van der Waals surface area (Å²) in [6, 6.07) is 14.0. The molecule has 0 fully saturated rings. The van der Waals surface area contributed by atoms with Crippen molar-refractivity contribution in [2.75, 3.05) is 5.32 Å². The van der Waals surface area contributed by atoms with Gasteiger partial charge in [-0.05, 0) is 38.1 Å². The van der Waals surface area contributed by atoms with Gasteiger partial charge in [0.05, 0.1) is 16.9 Å². The maximum Gasteiger partial charge on any atom is 0.298 e. The maximum absolute atomic E-state index is 12.9. The van der Waals surface area contributed by atoms with Crippen molar-refractivity contribution in [3.63, 3.8) is 0 Å². The van der Waals surface area contributed by atoms with Gasteiger partial charge in [-0.1, -0.05) is 29.8 Å². The van der Waals surface area contributed by atoms with Crippen LogP contribution in [0, 0.1) is 13.8 Å². The molecule has 0 unspecified atom stereocenters. The van der Waals surface area contributed by atoms with E-state index in [9.17, 15) is 14.4 Å². The second-order valence-corrected chi connectivity index (χ2v) is 6.10. The van der Waals surface area contributed by atoms with Crippen LogP contribution in [0.4, 0.5) is 5.69 Å². The molecular weight excluding hydrogens is 346 g/mol. The first-order valence-electron chi connectivity index (χ1n) is 8.30. The third-order valence-electron chi connectivity index (χ3n) is 4.35. The molecular formula is C20H19N3O4. The van der Waals surface area contributed by atoms with Gasteiger partial charge in [-0.2, -0.15) is 0 Å². The van der Waals surface area contributed by atoms with Crippen LogP contribution in [0.2, 0.25) is 0 Å². The van der Waals surface area contributed by atoms with Crippen molar-refractivity contribution in [1.29, 1.82) is 0 Å². The number of carbonyl (C=O) groups is 2. The summed E-state index contributed by atoms with van der Waals surface area (Å²) in [7, 11) is 1.74. The fraction of sp³-hybridized carbons (Fsp3) is 0.150. The molecule has 1 heterocycles. The van der Waals surface area contributed by atoms with Gasteiger partial charge in [-0.25, -0.2) is 4.68 Å². The number of benzene rings is 2. The fourth-order valence-corrected chi connectivity index (χ4v) is 2.87. The number of aromatic nitrogens is 2. The average molecular weight is 365 g/mol. The minimum Gasteiger partial charge on any atom is -0.428 e. The number of nitrogens with zero attached hydrogens (tertiary/aromatic N) is 2. The summed E-state index contributed by atoms with van der Waals surface area (Å²) >= 11 is 0. The zero-order valence-electron chi connectivity index (χ0n) is 15.2. The molecule has 0 radical (unpaired) electrons. The smallest absolute Gasteiger partial charge is 0.298 e. The van der Waals surface area contributed by atoms with Crippen molar-refractivity contribution >= 4 is 18.1 Å². The number of rotatable bonds is 5. The topological polar surface area (TPSA) is 82.3 Å². The number of ether oxygens (including phenoxy) is 1. The van der Waals surface area contributed by atoms with E-state index in [1.165, 1.54) is 4.68 Å². The summed E-state index contributed by atoms with van der Waals surface area (Å²) in [6.45, 7) is 3.82. The van der Waals surface area contributed by atoms with E-state index in [1.54, 1.807) is 36.9 Å². The van der Waals surface area contributed by atoms with E-state index in [0.717, 1.165) is 5.56 Å². The van der Waals surface area contributed by atoms with Crippen LogP contribution >= 0.6 is 0 Å². The normalized spacial score (nSPS) is 10.5. The van der Waals surface area contributed by atoms with E-state index in [1.807, 2.05) is 37.3 Å². The second kappa shape index (κ2) is 7.33. The Morgan fingerprint density at radius 2 is 1.81 bits per heavy atom. The van der Waals surface area contributed by atoms with E-state index >= 15 is 0 Å². The second-order valence-electron chi connectivity index (χ2n) is 6.10. The predicted molar refractivity (Wildman–Crippen MR) is 102 cm³/mol. The highest BCUT2D eigenvalue weighted by Crippen LogP contribution is 2.22. The van der Waals surface area contributed by atoms with Crippen LogP contribution in [0.3, 0.4) is 0 Å². The third-order valence-corrected chi connectivity index (χ3v) is 4.35. The van der Waals surface area contributed by atoms with Gasteiger partial charge < -0.3 is 10.1 Å². The van der Waals surface area contributed by atoms with E-state index in [2.05, 4.69) is 5.32 Å². The number of aryl methyl sites for hydroxylation is 1. The van der Waals surface area contributed by atoms with Crippen LogP contribution in [0.25, 0.3) is 5.69 Å². The van der Waals surface area contributed by atoms with Crippen LogP contribution in [-0.4, -0.2) is 21.7 Å². The van der Waals surface area contributed by atoms with Crippen LogP contribution in [-0.2, 0) is 11.8 Å². The highest BCUT2D eigenvalue weighted by Gasteiger charge is 2.20. The molecule has 1 amide bonds. The molecule has 7 heteroatoms. The molecule has 0 spiro atoms. The largest absolute Gasteiger partial charge is 0.428 e. The lowest BCUT2D eigenvalue weighted by Gasteiger charge is -2.09. The van der Waals surface area contributed by atoms with Crippen molar-refractivity contribution in [2.45, 2.75) is 13.8 Å². The Balaban J connectivity index is 2.03. The molecule has 1 aromatic heterocycles. The third kappa shape index (κ3) is 3.39. The molecule has 0 atom stereocenters. The molecule has 1 N–H and O–H groups in total. The molecule has 0 saturated heterocycles. The first-order valence-corrected chi connectivity index (χ1v) is 8.30. The van der Waals surface area contributed by atoms with Crippen LogP contribution in [0.1, 0.15) is 21.6 Å². The summed E-state index contributed by atoms with van der Waals surface area (Å²) in [5.74, 6) is -0.397. The molecule has 3 aromatic rings. The summed E-state index contributed by atoms with van der Waals surface area (Å²) in [6.07, 6.45) is 0. The minimum atomic E-state index is -0.526. The van der Waals surface area contributed by atoms with Gasteiger partial charge in [-0.3, -0.25) is 19.1 Å². The van der Waals surface area contributed by atoms with Gasteiger partial charge in [0, 0.05) is 7.05 Å². The minimum absolute atomic E-state index is 0.130. The molecule has 2 aromatic carbocycles. The average Bonchev–Trinajstić information content (AvgIpc) is 2.87. The van der Waals surface area contributed by atoms with E-state index in [4.69, 9.17) is 4.74 Å². The Labute approximate surface area is 155 Å². The highest BCUT2D eigenvalue weighted by atomic mass is 16.5. The van der Waals surface area contributed by atoms with E-state index < -0.39 is 5.91 Å². The zero-order chi connectivity index (χ0) is 19.6. The van der Waals surface area contributed by atoms with Crippen LogP contribution < -0.4 is 15.6 Å². The fourth-order valence-electron chi connectivity index (χ4n) is 2.87. The molecule has 0 aliphatic rings. The number of para-hydroxylation sites is 1. The van der Waals surface area contributed by atoms with Crippen molar-refractivity contribution in [3.8, 4) is 11.4 Å². The number of anilines is 1. The standard InChI is InChI=1S/C20H19N3O4/c1-13-9-10-17(27-12-24)16(11-13)19(25)21-18-14(2)22(3)23(20(18)26)15-7-5-4-6-8-15/h4-12H,1-3H3,(H,21,25). The molecule has 0 bridgehead atoms. The van der Waals surface area contributed by atoms with Crippen molar-refractivity contribution in [1.82, 2.24) is 9.36 Å². The van der Waals surface area contributed by atoms with Crippen molar-refractivity contribution in [3.05, 3.63) is 75.7 Å². The number of nitrogens with one attached hydrogen (secondary N) is 1. The Kier molecular flexibility index (Phi) is 4.94. The lowest BCUT2D eigenvalue weighted by molar-refractivity contribution is -0.120. The Bertz CT molecular complexity index is 1060. The van der Waals surface area contributed by atoms with E-state index in [-0.39, 0.29) is 29.0 Å². The van der Waals surface area contributed by atoms with Gasteiger partial charge in [0.15, 0.2) is 0 Å². The summed E-state index contributed by atoms with van der Waals surface area (Å²) < 4.78 is 8.03. The molecule has 27 heavy (non-hydrogen) atoms. The molecule has 0 aliphatic heterocycles. The molecule has 0 aliphatic carbocycles. The highest BCUT2D eigenvalue weighted by molar-refractivity contribution is 6.06. The lowest BCUT2D eigenvalue weighted by atomic mass is 10.1. The summed E-state index contributed by atoms with van der Waals surface area (Å²) in [5.41, 5.74) is 2.11. The molecule has 7 nitrogen and oxygen atoms in total. The zero-order valence-corrected chi connectivity index (χ0v) is 15.2. The first-order chi connectivity index (χ1) is 12.9. The summed E-state index contributed by atoms with van der Waals surface area (Å²) in [5, 5.41) is 2.66. The number of amides is 1. The maximum atomic E-state index is 12.9. The Morgan fingerprint density at radius 1 is 1.11 bits per heavy atom. The van der Waals surface area contributed by atoms with Crippen LogP contribution in [0.15, 0.2) is 53.3 Å². The number of carbonyl (C=O) groups excluding carboxylic acids is 2. The molecule has 0 saturated carbocycles. The summed E-state index contributed by atoms with van der Waals surface area (Å²) in [4.78, 5) is 36.3.